The van der Waals surface area contributed by atoms with Gasteiger partial charge in [-0.3, -0.25) is 19.5 Å². The zero-order valence-electron chi connectivity index (χ0n) is 18.4. The standard InChI is InChI=1S/C24H28N4O4/c1-24(18-11-14-27(15-12-18)21(29)20-5-3-4-13-25-20)22(30)28(23(31)26-24)16-10-17-6-8-19(32-2)9-7-17/h3-9,13,18H,10-12,14-16H2,1-2H3,(H,26,31). The SMILES string of the molecule is COc1ccc(CCN2C(=O)NC(C)(C3CCN(C(=O)c4ccccn4)CC3)C2=O)cc1. The van der Waals surface area contributed by atoms with Crippen molar-refractivity contribution in [3.8, 4) is 5.75 Å². The molecule has 2 aliphatic heterocycles. The molecule has 32 heavy (non-hydrogen) atoms. The van der Waals surface area contributed by atoms with Gasteiger partial charge in [-0.05, 0) is 61.9 Å². The van der Waals surface area contributed by atoms with E-state index in [9.17, 15) is 14.4 Å². The molecule has 0 bridgehead atoms. The first-order chi connectivity index (χ1) is 15.4. The predicted molar refractivity (Wildman–Crippen MR) is 118 cm³/mol. The third kappa shape index (κ3) is 4.17. The first-order valence-corrected chi connectivity index (χ1v) is 10.9. The number of rotatable bonds is 6. The Hall–Kier alpha value is -3.42. The first kappa shape index (κ1) is 21.8. The van der Waals surface area contributed by atoms with Crippen LogP contribution in [0, 0.1) is 5.92 Å². The molecule has 1 aromatic carbocycles. The molecule has 4 amide bonds. The van der Waals surface area contributed by atoms with Crippen molar-refractivity contribution in [2.75, 3.05) is 26.7 Å². The molecule has 1 unspecified atom stereocenters. The number of aromatic nitrogens is 1. The second-order valence-electron chi connectivity index (χ2n) is 8.47. The van der Waals surface area contributed by atoms with Crippen molar-refractivity contribution in [3.05, 3.63) is 59.9 Å². The number of nitrogens with one attached hydrogen (secondary N) is 1. The summed E-state index contributed by atoms with van der Waals surface area (Å²) in [6, 6.07) is 12.5. The van der Waals surface area contributed by atoms with Crippen LogP contribution in [-0.4, -0.2) is 64.9 Å². The van der Waals surface area contributed by atoms with Crippen LogP contribution in [0.25, 0.3) is 0 Å². The molecule has 8 nitrogen and oxygen atoms in total. The second kappa shape index (κ2) is 8.98. The Balaban J connectivity index is 1.36. The zero-order chi connectivity index (χ0) is 22.7. The highest BCUT2D eigenvalue weighted by Crippen LogP contribution is 2.33. The molecule has 2 fully saturated rings. The molecule has 168 valence electrons. The van der Waals surface area contributed by atoms with Crippen molar-refractivity contribution in [1.82, 2.24) is 20.1 Å². The number of benzene rings is 1. The number of methoxy groups -OCH3 is 1. The molecule has 4 rings (SSSR count). The van der Waals surface area contributed by atoms with Gasteiger partial charge in [0.25, 0.3) is 11.8 Å². The Morgan fingerprint density at radius 2 is 1.88 bits per heavy atom. The number of ether oxygens (including phenoxy) is 1. The van der Waals surface area contributed by atoms with Gasteiger partial charge < -0.3 is 15.0 Å². The van der Waals surface area contributed by atoms with E-state index in [1.165, 1.54) is 4.90 Å². The van der Waals surface area contributed by atoms with Crippen molar-refractivity contribution in [3.63, 3.8) is 0 Å². The van der Waals surface area contributed by atoms with Crippen molar-refractivity contribution < 1.29 is 19.1 Å². The highest BCUT2D eigenvalue weighted by molar-refractivity contribution is 6.07. The van der Waals surface area contributed by atoms with Crippen LogP contribution in [0.5, 0.6) is 5.75 Å². The molecule has 0 saturated carbocycles. The number of piperidine rings is 1. The Labute approximate surface area is 187 Å². The minimum Gasteiger partial charge on any atom is -0.497 e. The van der Waals surface area contributed by atoms with Crippen molar-refractivity contribution in [2.45, 2.75) is 31.7 Å². The van der Waals surface area contributed by atoms with Gasteiger partial charge in [-0.15, -0.1) is 0 Å². The van der Waals surface area contributed by atoms with Gasteiger partial charge in [0.2, 0.25) is 0 Å². The molecule has 1 atom stereocenters. The average Bonchev–Trinajstić information content (AvgIpc) is 3.06. The number of hydrogen-bond donors (Lipinski definition) is 1. The third-order valence-electron chi connectivity index (χ3n) is 6.57. The summed E-state index contributed by atoms with van der Waals surface area (Å²) in [4.78, 5) is 45.7. The van der Waals surface area contributed by atoms with Gasteiger partial charge in [0.05, 0.1) is 7.11 Å². The van der Waals surface area contributed by atoms with Crippen molar-refractivity contribution >= 4 is 17.8 Å². The Morgan fingerprint density at radius 1 is 1.16 bits per heavy atom. The van der Waals surface area contributed by atoms with Gasteiger partial charge in [0, 0.05) is 25.8 Å². The quantitative estimate of drug-likeness (QED) is 0.703. The van der Waals surface area contributed by atoms with Crippen LogP contribution in [-0.2, 0) is 11.2 Å². The minimum atomic E-state index is -0.947. The van der Waals surface area contributed by atoms with Gasteiger partial charge >= 0.3 is 6.03 Å². The molecule has 1 aromatic heterocycles. The third-order valence-corrected chi connectivity index (χ3v) is 6.57. The second-order valence-corrected chi connectivity index (χ2v) is 8.47. The highest BCUT2D eigenvalue weighted by Gasteiger charge is 2.52. The molecule has 8 heteroatoms. The number of amides is 4. The number of hydrogen-bond acceptors (Lipinski definition) is 5. The summed E-state index contributed by atoms with van der Waals surface area (Å²) in [5.74, 6) is 0.449. The van der Waals surface area contributed by atoms with Crippen LogP contribution < -0.4 is 10.1 Å². The zero-order valence-corrected chi connectivity index (χ0v) is 18.4. The number of pyridine rings is 1. The summed E-state index contributed by atoms with van der Waals surface area (Å²) in [5.41, 5.74) is 0.505. The van der Waals surface area contributed by atoms with E-state index >= 15 is 0 Å². The van der Waals surface area contributed by atoms with E-state index in [0.29, 0.717) is 44.6 Å². The lowest BCUT2D eigenvalue weighted by molar-refractivity contribution is -0.133. The summed E-state index contributed by atoms with van der Waals surface area (Å²) in [5, 5.41) is 2.93. The van der Waals surface area contributed by atoms with E-state index in [0.717, 1.165) is 11.3 Å². The molecule has 2 saturated heterocycles. The lowest BCUT2D eigenvalue weighted by Gasteiger charge is -2.38. The highest BCUT2D eigenvalue weighted by atomic mass is 16.5. The largest absolute Gasteiger partial charge is 0.497 e. The number of nitrogens with zero attached hydrogens (tertiary/aromatic N) is 3. The normalized spacial score (nSPS) is 21.6. The van der Waals surface area contributed by atoms with E-state index in [-0.39, 0.29) is 23.8 Å². The molecule has 1 N–H and O–H groups in total. The van der Waals surface area contributed by atoms with Crippen LogP contribution in [0.2, 0.25) is 0 Å². The predicted octanol–water partition coefficient (Wildman–Crippen LogP) is 2.50. The maximum atomic E-state index is 13.2. The number of carbonyl (C=O) groups is 3. The first-order valence-electron chi connectivity index (χ1n) is 10.9. The van der Waals surface area contributed by atoms with Crippen molar-refractivity contribution in [1.29, 1.82) is 0 Å². The monoisotopic (exact) mass is 436 g/mol. The molecule has 2 aromatic rings. The van der Waals surface area contributed by atoms with Crippen LogP contribution in [0.15, 0.2) is 48.7 Å². The smallest absolute Gasteiger partial charge is 0.325 e. The lowest BCUT2D eigenvalue weighted by Crippen LogP contribution is -2.54. The van der Waals surface area contributed by atoms with Crippen LogP contribution in [0.4, 0.5) is 4.79 Å². The molecule has 0 aliphatic carbocycles. The Kier molecular flexibility index (Phi) is 6.12. The number of likely N-dealkylation sites (tertiary alicyclic amines) is 1. The maximum absolute atomic E-state index is 13.2. The molecular weight excluding hydrogens is 408 g/mol. The Morgan fingerprint density at radius 3 is 2.50 bits per heavy atom. The summed E-state index contributed by atoms with van der Waals surface area (Å²) >= 11 is 0. The van der Waals surface area contributed by atoms with Gasteiger partial charge in [-0.2, -0.15) is 0 Å². The topological polar surface area (TPSA) is 91.8 Å². The molecule has 2 aliphatic rings. The maximum Gasteiger partial charge on any atom is 0.325 e. The van der Waals surface area contributed by atoms with Gasteiger partial charge in [0.1, 0.15) is 17.0 Å². The van der Waals surface area contributed by atoms with Gasteiger partial charge in [-0.25, -0.2) is 4.79 Å². The lowest BCUT2D eigenvalue weighted by atomic mass is 9.79. The summed E-state index contributed by atoms with van der Waals surface area (Å²) in [6.07, 6.45) is 3.48. The van der Waals surface area contributed by atoms with E-state index in [1.54, 1.807) is 36.4 Å². The molecule has 0 radical (unpaired) electrons. The van der Waals surface area contributed by atoms with Gasteiger partial charge in [0.15, 0.2) is 0 Å². The van der Waals surface area contributed by atoms with Crippen LogP contribution >= 0.6 is 0 Å². The Bertz CT molecular complexity index is 987. The fourth-order valence-corrected chi connectivity index (χ4v) is 4.54. The molecule has 3 heterocycles. The number of carbonyl (C=O) groups excluding carboxylic acids is 3. The molecule has 0 spiro atoms. The van der Waals surface area contributed by atoms with Crippen LogP contribution in [0.1, 0.15) is 35.8 Å². The minimum absolute atomic E-state index is 0.0299. The van der Waals surface area contributed by atoms with E-state index in [1.807, 2.05) is 31.2 Å². The fourth-order valence-electron chi connectivity index (χ4n) is 4.54. The summed E-state index contributed by atoms with van der Waals surface area (Å²) in [7, 11) is 1.61. The summed E-state index contributed by atoms with van der Waals surface area (Å²) in [6.45, 7) is 3.19. The number of urea groups is 1. The average molecular weight is 437 g/mol. The van der Waals surface area contributed by atoms with Gasteiger partial charge in [-0.1, -0.05) is 18.2 Å². The summed E-state index contributed by atoms with van der Waals surface area (Å²) < 4.78 is 5.17. The number of imide groups is 1. The van der Waals surface area contributed by atoms with E-state index in [4.69, 9.17) is 4.74 Å². The fraction of sp³-hybridized carbons (Fsp3) is 0.417. The van der Waals surface area contributed by atoms with E-state index in [2.05, 4.69) is 10.3 Å². The van der Waals surface area contributed by atoms with Crippen LogP contribution in [0.3, 0.4) is 0 Å². The van der Waals surface area contributed by atoms with Crippen molar-refractivity contribution in [2.24, 2.45) is 5.92 Å². The molecular formula is C24H28N4O4. The van der Waals surface area contributed by atoms with E-state index < -0.39 is 5.54 Å².